The maximum atomic E-state index is 12.8. The lowest BCUT2D eigenvalue weighted by Gasteiger charge is -2.46. The zero-order valence-electron chi connectivity index (χ0n) is 21.7. The predicted octanol–water partition coefficient (Wildman–Crippen LogP) is 7.51. The van der Waals surface area contributed by atoms with Crippen LogP contribution in [0, 0.1) is 0 Å². The molecule has 0 radical (unpaired) electrons. The van der Waals surface area contributed by atoms with E-state index >= 15 is 0 Å². The maximum Gasteiger partial charge on any atom is 0.407 e. The van der Waals surface area contributed by atoms with E-state index in [1.807, 2.05) is 45.0 Å². The van der Waals surface area contributed by atoms with E-state index in [0.717, 1.165) is 42.0 Å². The van der Waals surface area contributed by atoms with Gasteiger partial charge in [-0.15, -0.1) is 0 Å². The molecule has 1 aliphatic carbocycles. The number of pyridine rings is 1. The fourth-order valence-corrected chi connectivity index (χ4v) is 6.01. The second-order valence-corrected chi connectivity index (χ2v) is 12.1. The third kappa shape index (κ3) is 6.32. The molecule has 3 aromatic rings. The molecule has 0 bridgehead atoms. The molecule has 6 nitrogen and oxygen atoms in total. The molecule has 0 spiro atoms. The third-order valence-electron chi connectivity index (χ3n) is 7.11. The van der Waals surface area contributed by atoms with Crippen LogP contribution in [0.4, 0.5) is 4.79 Å². The minimum Gasteiger partial charge on any atom is -0.489 e. The minimum absolute atomic E-state index is 0.0312. The molecule has 1 amide bonds. The van der Waals surface area contributed by atoms with Crippen LogP contribution in [-0.4, -0.2) is 28.8 Å². The number of benzene rings is 2. The number of hydrogen-bond donors (Lipinski definition) is 2. The van der Waals surface area contributed by atoms with Crippen LogP contribution in [0.2, 0.25) is 5.02 Å². The fourth-order valence-electron chi connectivity index (χ4n) is 5.40. The second-order valence-electron chi connectivity index (χ2n) is 10.8. The van der Waals surface area contributed by atoms with Gasteiger partial charge in [0.15, 0.2) is 0 Å². The van der Waals surface area contributed by atoms with Crippen LogP contribution in [0.25, 0.3) is 10.8 Å². The van der Waals surface area contributed by atoms with Crippen molar-refractivity contribution in [3.05, 3.63) is 74.1 Å². The Labute approximate surface area is 231 Å². The minimum atomic E-state index is -0.569. The molecule has 0 unspecified atom stereocenters. The number of carbonyl (C=O) groups excluding carboxylic acids is 1. The zero-order chi connectivity index (χ0) is 26.8. The number of alkyl carbamates (subject to hydrolysis) is 1. The number of halogens is 2. The molecule has 2 aromatic carbocycles. The lowest BCUT2D eigenvalue weighted by molar-refractivity contribution is 0.0423. The molecule has 1 heterocycles. The van der Waals surface area contributed by atoms with Crippen molar-refractivity contribution in [1.29, 1.82) is 0 Å². The summed E-state index contributed by atoms with van der Waals surface area (Å²) in [5, 5.41) is 4.93. The fraction of sp³-hybridized carbons (Fsp3) is 0.448. The molecular formula is C29H34BrClN2O4. The topological polar surface area (TPSA) is 80.4 Å². The summed E-state index contributed by atoms with van der Waals surface area (Å²) < 4.78 is 13.0. The number of aromatic nitrogens is 1. The largest absolute Gasteiger partial charge is 0.489 e. The Bertz CT molecular complexity index is 1330. The SMILES string of the molecule is CC[C@@H](NC(=O)OC(C)(C)C)C1(c2cccc(Br)c2)CCC(Oc2cc3cc[nH]c(=O)c3cc2Cl)CC1. The molecule has 1 aromatic heterocycles. The highest BCUT2D eigenvalue weighted by molar-refractivity contribution is 9.10. The van der Waals surface area contributed by atoms with Gasteiger partial charge in [-0.3, -0.25) is 4.79 Å². The molecule has 1 atom stereocenters. The van der Waals surface area contributed by atoms with Crippen molar-refractivity contribution in [1.82, 2.24) is 10.3 Å². The Hall–Kier alpha value is -2.51. The van der Waals surface area contributed by atoms with Crippen LogP contribution in [-0.2, 0) is 10.2 Å². The van der Waals surface area contributed by atoms with Gasteiger partial charge in [-0.05, 0) is 94.2 Å². The van der Waals surface area contributed by atoms with E-state index in [9.17, 15) is 9.59 Å². The van der Waals surface area contributed by atoms with Gasteiger partial charge in [-0.25, -0.2) is 4.79 Å². The van der Waals surface area contributed by atoms with Crippen molar-refractivity contribution in [2.45, 2.75) is 83.0 Å². The van der Waals surface area contributed by atoms with Gasteiger partial charge in [-0.1, -0.05) is 46.6 Å². The van der Waals surface area contributed by atoms with Gasteiger partial charge in [0, 0.05) is 27.5 Å². The molecule has 0 aliphatic heterocycles. The van der Waals surface area contributed by atoms with Gasteiger partial charge in [0.05, 0.1) is 11.1 Å². The Kier molecular flexibility index (Phi) is 8.24. The smallest absolute Gasteiger partial charge is 0.407 e. The van der Waals surface area contributed by atoms with Gasteiger partial charge in [-0.2, -0.15) is 0 Å². The zero-order valence-corrected chi connectivity index (χ0v) is 24.0. The number of carbonyl (C=O) groups is 1. The lowest BCUT2D eigenvalue weighted by atomic mass is 9.63. The highest BCUT2D eigenvalue weighted by atomic mass is 79.9. The molecule has 198 valence electrons. The van der Waals surface area contributed by atoms with Crippen LogP contribution in [0.15, 0.2) is 57.9 Å². The summed E-state index contributed by atoms with van der Waals surface area (Å²) in [5.41, 5.74) is 0.174. The number of hydrogen-bond acceptors (Lipinski definition) is 4. The normalized spacial score (nSPS) is 20.9. The molecule has 37 heavy (non-hydrogen) atoms. The third-order valence-corrected chi connectivity index (χ3v) is 7.90. The number of amides is 1. The van der Waals surface area contributed by atoms with Crippen molar-refractivity contribution >= 4 is 44.4 Å². The predicted molar refractivity (Wildman–Crippen MR) is 152 cm³/mol. The number of rotatable bonds is 6. The van der Waals surface area contributed by atoms with Crippen LogP contribution < -0.4 is 15.6 Å². The van der Waals surface area contributed by atoms with Crippen molar-refractivity contribution in [2.24, 2.45) is 0 Å². The number of fused-ring (bicyclic) bond motifs is 1. The van der Waals surface area contributed by atoms with Gasteiger partial charge in [0.25, 0.3) is 5.56 Å². The first-order valence-electron chi connectivity index (χ1n) is 12.7. The van der Waals surface area contributed by atoms with E-state index in [0.29, 0.717) is 16.2 Å². The Morgan fingerprint density at radius 2 is 1.95 bits per heavy atom. The van der Waals surface area contributed by atoms with E-state index in [1.54, 1.807) is 12.3 Å². The molecule has 1 saturated carbocycles. The summed E-state index contributed by atoms with van der Waals surface area (Å²) in [4.78, 5) is 27.6. The Morgan fingerprint density at radius 1 is 1.22 bits per heavy atom. The van der Waals surface area contributed by atoms with Crippen molar-refractivity contribution in [3.8, 4) is 5.75 Å². The van der Waals surface area contributed by atoms with Crippen LogP contribution in [0.1, 0.15) is 65.4 Å². The van der Waals surface area contributed by atoms with Crippen LogP contribution in [0.3, 0.4) is 0 Å². The monoisotopic (exact) mass is 588 g/mol. The van der Waals surface area contributed by atoms with E-state index in [1.165, 1.54) is 5.56 Å². The van der Waals surface area contributed by atoms with Crippen molar-refractivity contribution < 1.29 is 14.3 Å². The average Bonchev–Trinajstić information content (AvgIpc) is 2.83. The molecule has 1 fully saturated rings. The summed E-state index contributed by atoms with van der Waals surface area (Å²) in [6, 6.07) is 13.6. The Balaban J connectivity index is 1.57. The van der Waals surface area contributed by atoms with Crippen molar-refractivity contribution in [3.63, 3.8) is 0 Å². The molecule has 2 N–H and O–H groups in total. The van der Waals surface area contributed by atoms with Gasteiger partial charge in [0.1, 0.15) is 11.4 Å². The van der Waals surface area contributed by atoms with E-state index in [-0.39, 0.29) is 23.1 Å². The maximum absolute atomic E-state index is 12.8. The number of ether oxygens (including phenoxy) is 2. The van der Waals surface area contributed by atoms with Crippen LogP contribution >= 0.6 is 27.5 Å². The Morgan fingerprint density at radius 3 is 2.59 bits per heavy atom. The highest BCUT2D eigenvalue weighted by Gasteiger charge is 2.44. The van der Waals surface area contributed by atoms with E-state index in [4.69, 9.17) is 21.1 Å². The summed E-state index contributed by atoms with van der Waals surface area (Å²) in [5.74, 6) is 0.582. The van der Waals surface area contributed by atoms with E-state index in [2.05, 4.69) is 45.3 Å². The summed E-state index contributed by atoms with van der Waals surface area (Å²) in [6.45, 7) is 7.71. The summed E-state index contributed by atoms with van der Waals surface area (Å²) in [7, 11) is 0. The molecule has 0 saturated heterocycles. The van der Waals surface area contributed by atoms with Crippen molar-refractivity contribution in [2.75, 3.05) is 0 Å². The first-order valence-corrected chi connectivity index (χ1v) is 13.9. The number of aromatic amines is 1. The average molecular weight is 590 g/mol. The summed E-state index contributed by atoms with van der Waals surface area (Å²) in [6.07, 6.45) is 5.20. The highest BCUT2D eigenvalue weighted by Crippen LogP contribution is 2.45. The standard InChI is InChI=1S/C29H34BrClN2O4/c1-5-25(33-27(35)37-28(2,3)4)29(19-7-6-8-20(30)16-19)12-9-21(10-13-29)36-24-15-18-11-14-32-26(34)22(18)17-23(24)31/h6-8,11,14-17,21,25H,5,9-10,12-13H2,1-4H3,(H,32,34)(H,33,35)/t21?,25-,29?/m1/s1. The summed E-state index contributed by atoms with van der Waals surface area (Å²) >= 11 is 10.1. The molecular weight excluding hydrogens is 556 g/mol. The lowest BCUT2D eigenvalue weighted by Crippen LogP contribution is -2.53. The molecule has 1 aliphatic rings. The molecule has 4 rings (SSSR count). The quantitative estimate of drug-likeness (QED) is 0.312. The first-order chi connectivity index (χ1) is 17.5. The first kappa shape index (κ1) is 27.5. The van der Waals surface area contributed by atoms with Gasteiger partial charge < -0.3 is 19.8 Å². The number of H-pyrrole nitrogens is 1. The van der Waals surface area contributed by atoms with E-state index < -0.39 is 11.7 Å². The van der Waals surface area contributed by atoms with Gasteiger partial charge in [0.2, 0.25) is 0 Å². The number of nitrogens with one attached hydrogen (secondary N) is 2. The van der Waals surface area contributed by atoms with Gasteiger partial charge >= 0.3 is 6.09 Å². The second kappa shape index (κ2) is 11.1. The molecule has 8 heteroatoms. The van der Waals surface area contributed by atoms with Crippen LogP contribution in [0.5, 0.6) is 5.75 Å².